The maximum atomic E-state index is 11.3. The molecule has 7 heteroatoms. The van der Waals surface area contributed by atoms with Crippen LogP contribution in [0, 0.1) is 11.8 Å². The van der Waals surface area contributed by atoms with E-state index in [1.807, 2.05) is 24.3 Å². The summed E-state index contributed by atoms with van der Waals surface area (Å²) >= 11 is 6.30. The number of hydrazone groups is 1. The van der Waals surface area contributed by atoms with Gasteiger partial charge in [0, 0.05) is 5.56 Å². The van der Waals surface area contributed by atoms with Gasteiger partial charge in [-0.2, -0.15) is 5.10 Å². The second-order valence-electron chi connectivity index (χ2n) is 8.00. The molecular weight excluding hydrogens is 390 g/mol. The van der Waals surface area contributed by atoms with E-state index in [0.717, 1.165) is 17.0 Å². The number of hydrogen-bond acceptors (Lipinski definition) is 5. The van der Waals surface area contributed by atoms with Gasteiger partial charge < -0.3 is 15.6 Å². The highest BCUT2D eigenvalue weighted by atomic mass is 35.5. The second kappa shape index (κ2) is 6.95. The number of nitrogen functional groups attached to an aromatic ring is 1. The molecule has 2 aliphatic heterocycles. The third-order valence-electron chi connectivity index (χ3n) is 6.32. The van der Waals surface area contributed by atoms with E-state index in [2.05, 4.69) is 5.01 Å². The predicted octanol–water partition coefficient (Wildman–Crippen LogP) is 4.41. The molecule has 29 heavy (non-hydrogen) atoms. The lowest BCUT2D eigenvalue weighted by atomic mass is 9.81. The molecule has 3 aliphatic rings. The van der Waals surface area contributed by atoms with Crippen molar-refractivity contribution in [1.82, 2.24) is 0 Å². The molecule has 2 aromatic carbocycles. The van der Waals surface area contributed by atoms with Crippen LogP contribution in [0.5, 0.6) is 5.75 Å². The fourth-order valence-corrected chi connectivity index (χ4v) is 5.08. The molecular formula is C22H22ClN3O3. The number of rotatable bonds is 3. The van der Waals surface area contributed by atoms with E-state index in [-0.39, 0.29) is 17.5 Å². The summed E-state index contributed by atoms with van der Waals surface area (Å²) in [7, 11) is 0. The van der Waals surface area contributed by atoms with E-state index in [4.69, 9.17) is 27.2 Å². The maximum Gasteiger partial charge on any atom is 0.335 e. The summed E-state index contributed by atoms with van der Waals surface area (Å²) in [5, 5.41) is 16.9. The quantitative estimate of drug-likeness (QED) is 0.730. The van der Waals surface area contributed by atoms with Crippen molar-refractivity contribution in [2.24, 2.45) is 16.9 Å². The van der Waals surface area contributed by atoms with Crippen LogP contribution in [0.4, 0.5) is 11.4 Å². The van der Waals surface area contributed by atoms with Crippen molar-refractivity contribution in [1.29, 1.82) is 0 Å². The molecule has 2 atom stereocenters. The molecule has 2 unspecified atom stereocenters. The van der Waals surface area contributed by atoms with Gasteiger partial charge in [-0.1, -0.05) is 24.4 Å². The van der Waals surface area contributed by atoms with Gasteiger partial charge >= 0.3 is 5.97 Å². The molecule has 1 fully saturated rings. The standard InChI is InChI=1S/C22H22ClN3O3/c23-17-10-14(6-8-18(17)24)26-21(12-3-1-2-4-12)16-11-29-19-9-13(22(27)28)5-7-15(19)20(16)25-26/h5-10,12,16,21H,1-4,11,24H2,(H,27,28). The van der Waals surface area contributed by atoms with Crippen LogP contribution >= 0.6 is 11.6 Å². The van der Waals surface area contributed by atoms with Gasteiger partial charge in [0.1, 0.15) is 5.75 Å². The lowest BCUT2D eigenvalue weighted by Gasteiger charge is -2.34. The first-order valence-corrected chi connectivity index (χ1v) is 10.3. The summed E-state index contributed by atoms with van der Waals surface area (Å²) in [4.78, 5) is 11.3. The monoisotopic (exact) mass is 411 g/mol. The van der Waals surface area contributed by atoms with Gasteiger partial charge in [-0.3, -0.25) is 5.01 Å². The Kier molecular flexibility index (Phi) is 4.39. The van der Waals surface area contributed by atoms with Gasteiger partial charge in [-0.15, -0.1) is 0 Å². The molecule has 0 radical (unpaired) electrons. The van der Waals surface area contributed by atoms with Crippen LogP contribution in [-0.2, 0) is 0 Å². The first kappa shape index (κ1) is 18.3. The zero-order valence-corrected chi connectivity index (χ0v) is 16.6. The fraction of sp³-hybridized carbons (Fsp3) is 0.364. The first-order chi connectivity index (χ1) is 14.0. The largest absolute Gasteiger partial charge is 0.492 e. The van der Waals surface area contributed by atoms with E-state index in [1.54, 1.807) is 12.1 Å². The Hall–Kier alpha value is -2.73. The second-order valence-corrected chi connectivity index (χ2v) is 8.41. The van der Waals surface area contributed by atoms with Gasteiger partial charge in [-0.05, 0) is 55.2 Å². The number of anilines is 2. The third-order valence-corrected chi connectivity index (χ3v) is 6.64. The van der Waals surface area contributed by atoms with E-state index < -0.39 is 5.97 Å². The molecule has 0 aromatic heterocycles. The minimum Gasteiger partial charge on any atom is -0.492 e. The normalized spacial score (nSPS) is 23.3. The zero-order chi connectivity index (χ0) is 20.1. The molecule has 3 N–H and O–H groups in total. The van der Waals surface area contributed by atoms with Crippen molar-refractivity contribution in [2.75, 3.05) is 17.3 Å². The van der Waals surface area contributed by atoms with Crippen molar-refractivity contribution < 1.29 is 14.6 Å². The van der Waals surface area contributed by atoms with Gasteiger partial charge in [0.15, 0.2) is 0 Å². The molecule has 1 saturated carbocycles. The Morgan fingerprint density at radius 3 is 2.72 bits per heavy atom. The maximum absolute atomic E-state index is 11.3. The van der Waals surface area contributed by atoms with Crippen LogP contribution in [-0.4, -0.2) is 29.4 Å². The Balaban J connectivity index is 1.59. The highest BCUT2D eigenvalue weighted by molar-refractivity contribution is 6.33. The number of fused-ring (bicyclic) bond motifs is 3. The fourth-order valence-electron chi connectivity index (χ4n) is 4.90. The average molecular weight is 412 g/mol. The lowest BCUT2D eigenvalue weighted by Crippen LogP contribution is -2.43. The van der Waals surface area contributed by atoms with Crippen molar-refractivity contribution in [3.8, 4) is 5.75 Å². The van der Waals surface area contributed by atoms with Crippen molar-refractivity contribution in [3.05, 3.63) is 52.5 Å². The van der Waals surface area contributed by atoms with Crippen LogP contribution in [0.15, 0.2) is 41.5 Å². The van der Waals surface area contributed by atoms with Gasteiger partial charge in [0.2, 0.25) is 0 Å². The summed E-state index contributed by atoms with van der Waals surface area (Å²) in [5.74, 6) is 0.287. The number of benzene rings is 2. The first-order valence-electron chi connectivity index (χ1n) is 9.96. The number of nitrogens with zero attached hydrogens (tertiary/aromatic N) is 2. The lowest BCUT2D eigenvalue weighted by molar-refractivity contribution is 0.0696. The van der Waals surface area contributed by atoms with Gasteiger partial charge in [-0.25, -0.2) is 4.79 Å². The SMILES string of the molecule is Nc1ccc(N2N=C3c4ccc(C(=O)O)cc4OCC3C2C2CCCC2)cc1Cl. The molecule has 1 aliphatic carbocycles. The van der Waals surface area contributed by atoms with Crippen LogP contribution in [0.2, 0.25) is 5.02 Å². The Labute approximate surface area is 173 Å². The predicted molar refractivity (Wildman–Crippen MR) is 113 cm³/mol. The molecule has 0 amide bonds. The highest BCUT2D eigenvalue weighted by Gasteiger charge is 2.46. The molecule has 0 bridgehead atoms. The molecule has 150 valence electrons. The van der Waals surface area contributed by atoms with Crippen LogP contribution < -0.4 is 15.5 Å². The van der Waals surface area contributed by atoms with Gasteiger partial charge in [0.05, 0.1) is 46.2 Å². The number of aromatic carboxylic acids is 1. The van der Waals surface area contributed by atoms with Crippen LogP contribution in [0.3, 0.4) is 0 Å². The number of carboxylic acids is 1. The number of carboxylic acid groups (broad SMARTS) is 1. The smallest absolute Gasteiger partial charge is 0.335 e. The molecule has 6 nitrogen and oxygen atoms in total. The summed E-state index contributed by atoms with van der Waals surface area (Å²) in [5.41, 5.74) is 9.44. The zero-order valence-electron chi connectivity index (χ0n) is 15.8. The summed E-state index contributed by atoms with van der Waals surface area (Å²) < 4.78 is 6.03. The number of hydrogen-bond donors (Lipinski definition) is 2. The average Bonchev–Trinajstić information content (AvgIpc) is 3.36. The number of carbonyl (C=O) groups is 1. The summed E-state index contributed by atoms with van der Waals surface area (Å²) in [6, 6.07) is 10.9. The van der Waals surface area contributed by atoms with E-state index in [0.29, 0.717) is 29.0 Å². The Morgan fingerprint density at radius 1 is 1.21 bits per heavy atom. The van der Waals surface area contributed by atoms with Crippen molar-refractivity contribution in [2.45, 2.75) is 31.7 Å². The molecule has 2 aromatic rings. The van der Waals surface area contributed by atoms with Crippen molar-refractivity contribution >= 4 is 34.7 Å². The minimum absolute atomic E-state index is 0.137. The summed E-state index contributed by atoms with van der Waals surface area (Å²) in [6.45, 7) is 0.495. The third kappa shape index (κ3) is 3.02. The van der Waals surface area contributed by atoms with E-state index >= 15 is 0 Å². The number of halogens is 1. The minimum atomic E-state index is -0.964. The van der Waals surface area contributed by atoms with Crippen LogP contribution in [0.1, 0.15) is 41.6 Å². The highest BCUT2D eigenvalue weighted by Crippen LogP contribution is 2.44. The molecule has 5 rings (SSSR count). The molecule has 0 spiro atoms. The van der Waals surface area contributed by atoms with Crippen LogP contribution in [0.25, 0.3) is 0 Å². The Morgan fingerprint density at radius 2 is 2.00 bits per heavy atom. The summed E-state index contributed by atoms with van der Waals surface area (Å²) in [6.07, 6.45) is 4.82. The number of nitrogens with two attached hydrogens (primary N) is 1. The Bertz CT molecular complexity index is 1020. The van der Waals surface area contributed by atoms with Gasteiger partial charge in [0.25, 0.3) is 0 Å². The van der Waals surface area contributed by atoms with E-state index in [9.17, 15) is 9.90 Å². The number of ether oxygens (including phenoxy) is 1. The van der Waals surface area contributed by atoms with E-state index in [1.165, 1.54) is 25.7 Å². The topological polar surface area (TPSA) is 88.2 Å². The molecule has 0 saturated heterocycles. The molecule has 2 heterocycles. The van der Waals surface area contributed by atoms with Crippen molar-refractivity contribution in [3.63, 3.8) is 0 Å².